The highest BCUT2D eigenvalue weighted by molar-refractivity contribution is 5.84. The van der Waals surface area contributed by atoms with Gasteiger partial charge in [-0.05, 0) is 67.0 Å². The second kappa shape index (κ2) is 9.21. The number of nitrogen functional groups attached to an aromatic ring is 1. The summed E-state index contributed by atoms with van der Waals surface area (Å²) in [5.74, 6) is 1.49. The maximum absolute atomic E-state index is 13.3. The SMILES string of the molecule is CCCOC(=O)[C@]1(c2cccc(N)c2)CCCC(c2ccc(OC)c(OC)c2)C1. The first kappa shape index (κ1) is 21.0. The molecule has 0 heterocycles. The van der Waals surface area contributed by atoms with Crippen LogP contribution in [-0.4, -0.2) is 26.8 Å². The van der Waals surface area contributed by atoms with Crippen LogP contribution in [0.25, 0.3) is 0 Å². The molecule has 0 spiro atoms. The highest BCUT2D eigenvalue weighted by atomic mass is 16.5. The number of carbonyl (C=O) groups excluding carboxylic acids is 1. The molecule has 2 aromatic rings. The zero-order valence-electron chi connectivity index (χ0n) is 17.6. The highest BCUT2D eigenvalue weighted by Gasteiger charge is 2.46. The summed E-state index contributed by atoms with van der Waals surface area (Å²) in [6, 6.07) is 13.7. The van der Waals surface area contributed by atoms with Crippen LogP contribution in [0, 0.1) is 0 Å². The van der Waals surface area contributed by atoms with Crippen molar-refractivity contribution in [2.24, 2.45) is 0 Å². The van der Waals surface area contributed by atoms with E-state index in [0.29, 0.717) is 30.2 Å². The molecular formula is C24H31NO4. The van der Waals surface area contributed by atoms with Gasteiger partial charge in [0, 0.05) is 5.69 Å². The van der Waals surface area contributed by atoms with Crippen LogP contribution in [0.4, 0.5) is 5.69 Å². The van der Waals surface area contributed by atoms with Crippen LogP contribution in [0.3, 0.4) is 0 Å². The summed E-state index contributed by atoms with van der Waals surface area (Å²) in [7, 11) is 3.27. The summed E-state index contributed by atoms with van der Waals surface area (Å²) < 4.78 is 16.5. The molecule has 29 heavy (non-hydrogen) atoms. The summed E-state index contributed by atoms with van der Waals surface area (Å²) in [5, 5.41) is 0. The predicted molar refractivity (Wildman–Crippen MR) is 115 cm³/mol. The van der Waals surface area contributed by atoms with Gasteiger partial charge in [-0.3, -0.25) is 4.79 Å². The second-order valence-corrected chi connectivity index (χ2v) is 7.75. The molecule has 2 N–H and O–H groups in total. The van der Waals surface area contributed by atoms with E-state index in [1.807, 2.05) is 43.3 Å². The second-order valence-electron chi connectivity index (χ2n) is 7.75. The lowest BCUT2D eigenvalue weighted by Crippen LogP contribution is -2.41. The summed E-state index contributed by atoms with van der Waals surface area (Å²) >= 11 is 0. The summed E-state index contributed by atoms with van der Waals surface area (Å²) in [4.78, 5) is 13.3. The Hall–Kier alpha value is -2.69. The number of rotatable bonds is 7. The lowest BCUT2D eigenvalue weighted by atomic mass is 9.64. The van der Waals surface area contributed by atoms with Crippen LogP contribution in [0.2, 0.25) is 0 Å². The summed E-state index contributed by atoms with van der Waals surface area (Å²) in [6.45, 7) is 2.44. The van der Waals surface area contributed by atoms with E-state index >= 15 is 0 Å². The number of hydrogen-bond acceptors (Lipinski definition) is 5. The van der Waals surface area contributed by atoms with Crippen molar-refractivity contribution in [1.29, 1.82) is 0 Å². The molecule has 5 nitrogen and oxygen atoms in total. The fourth-order valence-corrected chi connectivity index (χ4v) is 4.40. The van der Waals surface area contributed by atoms with Crippen molar-refractivity contribution >= 4 is 11.7 Å². The third-order valence-electron chi connectivity index (χ3n) is 5.90. The topological polar surface area (TPSA) is 70.8 Å². The molecule has 156 valence electrons. The van der Waals surface area contributed by atoms with Gasteiger partial charge in [0.25, 0.3) is 0 Å². The van der Waals surface area contributed by atoms with E-state index in [0.717, 1.165) is 36.8 Å². The van der Waals surface area contributed by atoms with E-state index in [2.05, 4.69) is 6.07 Å². The molecule has 2 aromatic carbocycles. The molecule has 5 heteroatoms. The fraction of sp³-hybridized carbons (Fsp3) is 0.458. The Bertz CT molecular complexity index is 851. The van der Waals surface area contributed by atoms with Gasteiger partial charge in [-0.25, -0.2) is 0 Å². The molecule has 1 fully saturated rings. The molecule has 0 bridgehead atoms. The normalized spacial score (nSPS) is 21.4. The molecule has 0 radical (unpaired) electrons. The van der Waals surface area contributed by atoms with Gasteiger partial charge in [0.2, 0.25) is 0 Å². The molecule has 1 aliphatic carbocycles. The number of esters is 1. The van der Waals surface area contributed by atoms with Crippen molar-refractivity contribution < 1.29 is 19.0 Å². The van der Waals surface area contributed by atoms with Crippen LogP contribution in [0.15, 0.2) is 42.5 Å². The van der Waals surface area contributed by atoms with Gasteiger partial charge >= 0.3 is 5.97 Å². The summed E-state index contributed by atoms with van der Waals surface area (Å²) in [5.41, 5.74) is 8.14. The smallest absolute Gasteiger partial charge is 0.316 e. The van der Waals surface area contributed by atoms with E-state index in [1.165, 1.54) is 0 Å². The first-order valence-corrected chi connectivity index (χ1v) is 10.3. The van der Waals surface area contributed by atoms with Crippen LogP contribution >= 0.6 is 0 Å². The van der Waals surface area contributed by atoms with E-state index in [4.69, 9.17) is 19.9 Å². The van der Waals surface area contributed by atoms with Crippen molar-refractivity contribution in [2.45, 2.75) is 50.4 Å². The number of anilines is 1. The van der Waals surface area contributed by atoms with E-state index in [9.17, 15) is 4.79 Å². The average molecular weight is 398 g/mol. The molecule has 0 saturated heterocycles. The van der Waals surface area contributed by atoms with Gasteiger partial charge < -0.3 is 19.9 Å². The van der Waals surface area contributed by atoms with Gasteiger partial charge in [0.05, 0.1) is 26.2 Å². The first-order valence-electron chi connectivity index (χ1n) is 10.3. The van der Waals surface area contributed by atoms with Crippen molar-refractivity contribution in [2.75, 3.05) is 26.6 Å². The Morgan fingerprint density at radius 3 is 2.62 bits per heavy atom. The third-order valence-corrected chi connectivity index (χ3v) is 5.90. The standard InChI is InChI=1S/C24H31NO4/c1-4-13-29-23(26)24(19-8-5-9-20(25)15-19)12-6-7-18(16-24)17-10-11-21(27-2)22(14-17)28-3/h5,8-11,14-15,18H,4,6-7,12-13,16,25H2,1-3H3/t18?,24-/m1/s1. The molecule has 1 aliphatic rings. The number of carbonyl (C=O) groups is 1. The molecule has 1 unspecified atom stereocenters. The zero-order chi connectivity index (χ0) is 20.9. The van der Waals surface area contributed by atoms with Gasteiger partial charge in [-0.2, -0.15) is 0 Å². The minimum Gasteiger partial charge on any atom is -0.493 e. The maximum Gasteiger partial charge on any atom is 0.316 e. The molecule has 0 aliphatic heterocycles. The summed E-state index contributed by atoms with van der Waals surface area (Å²) in [6.07, 6.45) is 4.21. The number of benzene rings is 2. The Morgan fingerprint density at radius 1 is 1.14 bits per heavy atom. The Morgan fingerprint density at radius 2 is 1.93 bits per heavy atom. The Kier molecular flexibility index (Phi) is 6.68. The van der Waals surface area contributed by atoms with Crippen LogP contribution in [-0.2, 0) is 14.9 Å². The quantitative estimate of drug-likeness (QED) is 0.535. The third kappa shape index (κ3) is 4.34. The van der Waals surface area contributed by atoms with E-state index in [-0.39, 0.29) is 11.9 Å². The van der Waals surface area contributed by atoms with Gasteiger partial charge in [-0.1, -0.05) is 31.5 Å². The molecular weight excluding hydrogens is 366 g/mol. The number of ether oxygens (including phenoxy) is 3. The van der Waals surface area contributed by atoms with Gasteiger partial charge in [0.15, 0.2) is 11.5 Å². The van der Waals surface area contributed by atoms with E-state index in [1.54, 1.807) is 14.2 Å². The number of methoxy groups -OCH3 is 2. The van der Waals surface area contributed by atoms with Crippen molar-refractivity contribution in [3.05, 3.63) is 53.6 Å². The zero-order valence-corrected chi connectivity index (χ0v) is 17.6. The molecule has 2 atom stereocenters. The van der Waals surface area contributed by atoms with Crippen molar-refractivity contribution in [3.8, 4) is 11.5 Å². The lowest BCUT2D eigenvalue weighted by Gasteiger charge is -2.39. The van der Waals surface area contributed by atoms with Crippen LogP contribution in [0.5, 0.6) is 11.5 Å². The maximum atomic E-state index is 13.3. The van der Waals surface area contributed by atoms with E-state index < -0.39 is 5.41 Å². The van der Waals surface area contributed by atoms with Gasteiger partial charge in [0.1, 0.15) is 0 Å². The minimum atomic E-state index is -0.680. The molecule has 3 rings (SSSR count). The largest absolute Gasteiger partial charge is 0.493 e. The number of nitrogens with two attached hydrogens (primary N) is 1. The fourth-order valence-electron chi connectivity index (χ4n) is 4.40. The molecule has 0 amide bonds. The van der Waals surface area contributed by atoms with Crippen molar-refractivity contribution in [3.63, 3.8) is 0 Å². The Balaban J connectivity index is 1.98. The first-order chi connectivity index (χ1) is 14.0. The highest BCUT2D eigenvalue weighted by Crippen LogP contribution is 2.48. The minimum absolute atomic E-state index is 0.143. The lowest BCUT2D eigenvalue weighted by molar-refractivity contribution is -0.152. The van der Waals surface area contributed by atoms with Crippen molar-refractivity contribution in [1.82, 2.24) is 0 Å². The monoisotopic (exact) mass is 397 g/mol. The Labute approximate surface area is 173 Å². The molecule has 0 aromatic heterocycles. The average Bonchev–Trinajstić information content (AvgIpc) is 2.76. The predicted octanol–water partition coefficient (Wildman–Crippen LogP) is 4.83. The van der Waals surface area contributed by atoms with Crippen LogP contribution in [0.1, 0.15) is 56.1 Å². The van der Waals surface area contributed by atoms with Crippen LogP contribution < -0.4 is 15.2 Å². The number of hydrogen-bond donors (Lipinski definition) is 1. The molecule has 1 saturated carbocycles. The van der Waals surface area contributed by atoms with Gasteiger partial charge in [-0.15, -0.1) is 0 Å².